The van der Waals surface area contributed by atoms with Crippen molar-refractivity contribution in [2.75, 3.05) is 18.7 Å². The van der Waals surface area contributed by atoms with Gasteiger partial charge >= 0.3 is 0 Å². The number of hydrogen-bond donors (Lipinski definition) is 0. The number of thiophene rings is 1. The largest absolute Gasteiger partial charge is 0.454 e. The van der Waals surface area contributed by atoms with Crippen LogP contribution in [0.3, 0.4) is 0 Å². The van der Waals surface area contributed by atoms with E-state index in [0.29, 0.717) is 11.6 Å². The highest BCUT2D eigenvalue weighted by Gasteiger charge is 2.20. The maximum absolute atomic E-state index is 6.00. The molecule has 2 aromatic carbocycles. The predicted octanol–water partition coefficient (Wildman–Crippen LogP) is 5.60. The zero-order chi connectivity index (χ0) is 19.4. The molecule has 0 spiro atoms. The number of aromatic nitrogens is 2. The van der Waals surface area contributed by atoms with Crippen LogP contribution in [0.1, 0.15) is 0 Å². The van der Waals surface area contributed by atoms with Gasteiger partial charge in [-0.1, -0.05) is 18.2 Å². The molecule has 0 unspecified atom stereocenters. The van der Waals surface area contributed by atoms with Crippen LogP contribution in [0.2, 0.25) is 0 Å². The van der Waals surface area contributed by atoms with E-state index in [1.807, 2.05) is 71.9 Å². The van der Waals surface area contributed by atoms with Crippen molar-refractivity contribution in [1.29, 1.82) is 0 Å². The van der Waals surface area contributed by atoms with Crippen LogP contribution in [0.5, 0.6) is 11.5 Å². The Morgan fingerprint density at radius 3 is 2.79 bits per heavy atom. The number of fused-ring (bicyclic) bond motifs is 3. The van der Waals surface area contributed by atoms with E-state index in [1.165, 1.54) is 0 Å². The predicted molar refractivity (Wildman–Crippen MR) is 113 cm³/mol. The lowest BCUT2D eigenvalue weighted by Gasteiger charge is -2.19. The van der Waals surface area contributed by atoms with Crippen molar-refractivity contribution in [2.45, 2.75) is 0 Å². The normalized spacial score (nSPS) is 12.7. The van der Waals surface area contributed by atoms with Crippen molar-refractivity contribution in [3.8, 4) is 23.1 Å². The molecule has 1 aliphatic heterocycles. The SMILES string of the molecule is CN(c1ccc2c(c1)OCO2)c1nc(-c2cc3ccccc3o2)nc2ccsc12. The van der Waals surface area contributed by atoms with Gasteiger partial charge in [0.1, 0.15) is 5.58 Å². The van der Waals surface area contributed by atoms with E-state index in [1.54, 1.807) is 11.3 Å². The second-order valence-corrected chi connectivity index (χ2v) is 7.67. The first-order valence-electron chi connectivity index (χ1n) is 9.14. The lowest BCUT2D eigenvalue weighted by Crippen LogP contribution is -2.12. The monoisotopic (exact) mass is 401 g/mol. The standard InChI is InChI=1S/C22H15N3O3S/c1-25(14-6-7-17-18(11-14)27-12-26-17)22-20-15(8-9-29-20)23-21(24-22)19-10-13-4-2-3-5-16(13)28-19/h2-11H,12H2,1H3. The minimum atomic E-state index is 0.251. The Kier molecular flexibility index (Phi) is 3.51. The van der Waals surface area contributed by atoms with E-state index in [0.717, 1.165) is 44.2 Å². The molecule has 5 aromatic rings. The molecule has 142 valence electrons. The Labute approximate surface area is 169 Å². The van der Waals surface area contributed by atoms with Crippen LogP contribution in [0.4, 0.5) is 11.5 Å². The molecule has 0 aliphatic carbocycles. The van der Waals surface area contributed by atoms with Crippen LogP contribution >= 0.6 is 11.3 Å². The first-order valence-corrected chi connectivity index (χ1v) is 10.0. The summed E-state index contributed by atoms with van der Waals surface area (Å²) in [4.78, 5) is 11.6. The fourth-order valence-corrected chi connectivity index (χ4v) is 4.35. The van der Waals surface area contributed by atoms with Crippen LogP contribution in [-0.2, 0) is 0 Å². The van der Waals surface area contributed by atoms with Gasteiger partial charge in [0.05, 0.1) is 10.2 Å². The molecule has 7 heteroatoms. The third-order valence-corrected chi connectivity index (χ3v) is 5.89. The summed E-state index contributed by atoms with van der Waals surface area (Å²) < 4.78 is 18.0. The number of anilines is 2. The fraction of sp³-hybridized carbons (Fsp3) is 0.0909. The third-order valence-electron chi connectivity index (χ3n) is 4.99. The van der Waals surface area contributed by atoms with Gasteiger partial charge in [-0.25, -0.2) is 9.97 Å². The van der Waals surface area contributed by atoms with Gasteiger partial charge < -0.3 is 18.8 Å². The molecule has 6 nitrogen and oxygen atoms in total. The molecule has 0 fully saturated rings. The molecule has 4 heterocycles. The summed E-state index contributed by atoms with van der Waals surface area (Å²) in [6, 6.07) is 17.8. The van der Waals surface area contributed by atoms with Crippen LogP contribution in [-0.4, -0.2) is 23.8 Å². The van der Waals surface area contributed by atoms with E-state index in [9.17, 15) is 0 Å². The molecule has 0 saturated carbocycles. The topological polar surface area (TPSA) is 60.6 Å². The lowest BCUT2D eigenvalue weighted by molar-refractivity contribution is 0.174. The number of para-hydroxylation sites is 1. The molecule has 6 rings (SSSR count). The number of ether oxygens (including phenoxy) is 2. The van der Waals surface area contributed by atoms with Crippen LogP contribution in [0, 0.1) is 0 Å². The van der Waals surface area contributed by atoms with E-state index in [2.05, 4.69) is 0 Å². The smallest absolute Gasteiger partial charge is 0.231 e. The quantitative estimate of drug-likeness (QED) is 0.392. The number of hydrogen-bond acceptors (Lipinski definition) is 7. The zero-order valence-corrected chi connectivity index (χ0v) is 16.3. The maximum atomic E-state index is 6.00. The number of benzene rings is 2. The first kappa shape index (κ1) is 16.4. The third kappa shape index (κ3) is 2.62. The highest BCUT2D eigenvalue weighted by molar-refractivity contribution is 7.17. The Balaban J connectivity index is 1.50. The Morgan fingerprint density at radius 2 is 1.86 bits per heavy atom. The minimum absolute atomic E-state index is 0.251. The molecule has 0 atom stereocenters. The van der Waals surface area contributed by atoms with Gasteiger partial charge in [0.2, 0.25) is 6.79 Å². The highest BCUT2D eigenvalue weighted by atomic mass is 32.1. The van der Waals surface area contributed by atoms with E-state index in [4.69, 9.17) is 23.9 Å². The molecular formula is C22H15N3O3S. The van der Waals surface area contributed by atoms with E-state index in [-0.39, 0.29) is 6.79 Å². The van der Waals surface area contributed by atoms with Crippen molar-refractivity contribution < 1.29 is 13.9 Å². The number of rotatable bonds is 3. The molecule has 3 aromatic heterocycles. The molecule has 0 N–H and O–H groups in total. The van der Waals surface area contributed by atoms with Crippen molar-refractivity contribution in [3.05, 3.63) is 60.0 Å². The Morgan fingerprint density at radius 1 is 0.966 bits per heavy atom. The summed E-state index contributed by atoms with van der Waals surface area (Å²) in [6.45, 7) is 0.251. The highest BCUT2D eigenvalue weighted by Crippen LogP contribution is 2.39. The van der Waals surface area contributed by atoms with E-state index < -0.39 is 0 Å². The summed E-state index contributed by atoms with van der Waals surface area (Å²) >= 11 is 1.62. The molecule has 0 radical (unpaired) electrons. The second-order valence-electron chi connectivity index (χ2n) is 6.75. The number of nitrogens with zero attached hydrogens (tertiary/aromatic N) is 3. The molecule has 0 amide bonds. The first-order chi connectivity index (χ1) is 14.3. The van der Waals surface area contributed by atoms with Crippen molar-refractivity contribution in [2.24, 2.45) is 0 Å². The fourth-order valence-electron chi connectivity index (χ4n) is 3.49. The zero-order valence-electron chi connectivity index (χ0n) is 15.5. The average molecular weight is 401 g/mol. The van der Waals surface area contributed by atoms with E-state index >= 15 is 0 Å². The molecule has 1 aliphatic rings. The van der Waals surface area contributed by atoms with Gasteiger partial charge in [-0.2, -0.15) is 0 Å². The summed E-state index contributed by atoms with van der Waals surface area (Å²) in [5.74, 6) is 3.53. The minimum Gasteiger partial charge on any atom is -0.454 e. The van der Waals surface area contributed by atoms with Crippen LogP contribution in [0.25, 0.3) is 32.8 Å². The van der Waals surface area contributed by atoms with Gasteiger partial charge in [0.15, 0.2) is 28.9 Å². The Bertz CT molecular complexity index is 1340. The summed E-state index contributed by atoms with van der Waals surface area (Å²) in [5, 5.41) is 3.06. The summed E-state index contributed by atoms with van der Waals surface area (Å²) in [5.41, 5.74) is 2.67. The molecular weight excluding hydrogens is 386 g/mol. The molecule has 0 bridgehead atoms. The van der Waals surface area contributed by atoms with Crippen molar-refractivity contribution >= 4 is 44.0 Å². The van der Waals surface area contributed by atoms with Crippen molar-refractivity contribution in [3.63, 3.8) is 0 Å². The molecule has 0 saturated heterocycles. The van der Waals surface area contributed by atoms with Crippen LogP contribution in [0.15, 0.2) is 64.4 Å². The van der Waals surface area contributed by atoms with Crippen LogP contribution < -0.4 is 14.4 Å². The van der Waals surface area contributed by atoms with Crippen molar-refractivity contribution in [1.82, 2.24) is 9.97 Å². The van der Waals surface area contributed by atoms with Gasteiger partial charge in [-0.15, -0.1) is 11.3 Å². The lowest BCUT2D eigenvalue weighted by atomic mass is 10.2. The number of furan rings is 1. The summed E-state index contributed by atoms with van der Waals surface area (Å²) in [7, 11) is 1.99. The Hall–Kier alpha value is -3.58. The average Bonchev–Trinajstić information content (AvgIpc) is 3.50. The van der Waals surface area contributed by atoms with Gasteiger partial charge in [0.25, 0.3) is 0 Å². The van der Waals surface area contributed by atoms with Gasteiger partial charge in [-0.05, 0) is 35.7 Å². The van der Waals surface area contributed by atoms with Gasteiger partial charge in [-0.3, -0.25) is 0 Å². The second kappa shape index (κ2) is 6.22. The molecule has 29 heavy (non-hydrogen) atoms. The van der Waals surface area contributed by atoms with Gasteiger partial charge in [0, 0.05) is 24.2 Å². The maximum Gasteiger partial charge on any atom is 0.231 e. The summed E-state index contributed by atoms with van der Waals surface area (Å²) in [6.07, 6.45) is 0.